The van der Waals surface area contributed by atoms with Crippen molar-refractivity contribution in [3.8, 4) is 16.9 Å². The van der Waals surface area contributed by atoms with Crippen LogP contribution in [-0.4, -0.2) is 10.9 Å². The summed E-state index contributed by atoms with van der Waals surface area (Å²) < 4.78 is 0. The van der Waals surface area contributed by atoms with Crippen LogP contribution in [0.3, 0.4) is 0 Å². The molecule has 5 aromatic carbocycles. The van der Waals surface area contributed by atoms with Gasteiger partial charge in [-0.15, -0.1) is 0 Å². The second kappa shape index (κ2) is 8.96. The number of phenolic OH excluding ortho intramolecular Hbond substituents is 1. The monoisotopic (exact) mass is 452 g/mol. The zero-order chi connectivity index (χ0) is 23.6. The van der Waals surface area contributed by atoms with E-state index in [-0.39, 0.29) is 11.8 Å². The van der Waals surface area contributed by atoms with Gasteiger partial charge in [0.25, 0.3) is 0 Å². The third-order valence-corrected chi connectivity index (χ3v) is 6.42. The maximum absolute atomic E-state index is 10.4. The summed E-state index contributed by atoms with van der Waals surface area (Å²) in [5, 5.41) is 15.8. The first-order chi connectivity index (χ1) is 17.3. The van der Waals surface area contributed by atoms with Crippen LogP contribution in [0.2, 0.25) is 0 Å². The number of nitrogens with zero attached hydrogens (tertiary/aromatic N) is 1. The number of aromatic hydroxyl groups is 1. The molecular formula is C32H24N2O. The van der Waals surface area contributed by atoms with Gasteiger partial charge < -0.3 is 10.4 Å². The molecule has 1 atom stereocenters. The van der Waals surface area contributed by atoms with E-state index in [1.807, 2.05) is 54.6 Å². The van der Waals surface area contributed by atoms with Gasteiger partial charge in [0.2, 0.25) is 0 Å². The van der Waals surface area contributed by atoms with E-state index >= 15 is 0 Å². The predicted molar refractivity (Wildman–Crippen MR) is 144 cm³/mol. The highest BCUT2D eigenvalue weighted by atomic mass is 16.3. The first-order valence-electron chi connectivity index (χ1n) is 11.7. The summed E-state index contributed by atoms with van der Waals surface area (Å²) in [5.41, 5.74) is 6.52. The molecule has 0 aliphatic carbocycles. The number of aliphatic imine (C=N–C) groups is 1. The summed E-state index contributed by atoms with van der Waals surface area (Å²) in [6.45, 7) is 0. The number of hydrogen-bond donors (Lipinski definition) is 2. The first-order valence-corrected chi connectivity index (χ1v) is 11.7. The van der Waals surface area contributed by atoms with Gasteiger partial charge in [0.05, 0.1) is 6.04 Å². The lowest BCUT2D eigenvalue weighted by Crippen LogP contribution is -2.27. The molecule has 0 bridgehead atoms. The Morgan fingerprint density at radius 2 is 1.26 bits per heavy atom. The number of fused-ring (bicyclic) bond motifs is 1. The van der Waals surface area contributed by atoms with E-state index in [4.69, 9.17) is 4.99 Å². The van der Waals surface area contributed by atoms with Crippen LogP contribution in [0.4, 0.5) is 0 Å². The molecule has 3 nitrogen and oxygen atoms in total. The molecule has 1 heterocycles. The van der Waals surface area contributed by atoms with Crippen LogP contribution in [0, 0.1) is 0 Å². The average molecular weight is 453 g/mol. The molecule has 0 radical (unpaired) electrons. The molecule has 2 N–H and O–H groups in total. The van der Waals surface area contributed by atoms with Gasteiger partial charge in [-0.25, -0.2) is 0 Å². The summed E-state index contributed by atoms with van der Waals surface area (Å²) in [5.74, 6) is 1.11. The normalized spacial score (nSPS) is 15.3. The topological polar surface area (TPSA) is 44.6 Å². The Morgan fingerprint density at radius 3 is 2.03 bits per heavy atom. The van der Waals surface area contributed by atoms with Crippen LogP contribution in [0.25, 0.3) is 27.6 Å². The van der Waals surface area contributed by atoms with E-state index in [1.165, 1.54) is 11.1 Å². The van der Waals surface area contributed by atoms with E-state index in [9.17, 15) is 5.11 Å². The largest absolute Gasteiger partial charge is 0.507 e. The first kappa shape index (κ1) is 20.9. The molecule has 0 amide bonds. The van der Waals surface area contributed by atoms with E-state index in [0.29, 0.717) is 0 Å². The van der Waals surface area contributed by atoms with Gasteiger partial charge in [0.1, 0.15) is 11.6 Å². The van der Waals surface area contributed by atoms with Crippen molar-refractivity contribution in [3.63, 3.8) is 0 Å². The SMILES string of the molecule is Oc1ccc(C2=CC(c3cccc(-c4ccccc4)c3)N=C(c3ccccc3)N2)c2ccccc12. The fraction of sp³-hybridized carbons (Fsp3) is 0.0312. The van der Waals surface area contributed by atoms with Crippen molar-refractivity contribution in [1.29, 1.82) is 0 Å². The number of amidine groups is 1. The highest BCUT2D eigenvalue weighted by Crippen LogP contribution is 2.35. The van der Waals surface area contributed by atoms with Gasteiger partial charge in [-0.3, -0.25) is 4.99 Å². The van der Waals surface area contributed by atoms with Crippen molar-refractivity contribution in [2.24, 2.45) is 4.99 Å². The summed E-state index contributed by atoms with van der Waals surface area (Å²) in [4.78, 5) is 5.11. The van der Waals surface area contributed by atoms with Gasteiger partial charge in [0.15, 0.2) is 0 Å². The average Bonchev–Trinajstić information content (AvgIpc) is 2.94. The van der Waals surface area contributed by atoms with Crippen LogP contribution in [0.1, 0.15) is 22.7 Å². The molecule has 6 rings (SSSR count). The molecule has 1 unspecified atom stereocenters. The van der Waals surface area contributed by atoms with Gasteiger partial charge in [0, 0.05) is 22.2 Å². The molecule has 3 heteroatoms. The van der Waals surface area contributed by atoms with Gasteiger partial charge in [-0.1, -0.05) is 103 Å². The molecule has 35 heavy (non-hydrogen) atoms. The lowest BCUT2D eigenvalue weighted by atomic mass is 9.95. The molecule has 5 aromatic rings. The zero-order valence-corrected chi connectivity index (χ0v) is 19.1. The van der Waals surface area contributed by atoms with Crippen LogP contribution >= 0.6 is 0 Å². The fourth-order valence-electron chi connectivity index (χ4n) is 4.66. The summed E-state index contributed by atoms with van der Waals surface area (Å²) in [6, 6.07) is 40.7. The Balaban J connectivity index is 1.49. The van der Waals surface area contributed by atoms with Crippen molar-refractivity contribution in [2.75, 3.05) is 0 Å². The Hall–Kier alpha value is -4.63. The number of rotatable bonds is 4. The summed E-state index contributed by atoms with van der Waals surface area (Å²) >= 11 is 0. The van der Waals surface area contributed by atoms with E-state index in [2.05, 4.69) is 72.1 Å². The lowest BCUT2D eigenvalue weighted by Gasteiger charge is -2.24. The zero-order valence-electron chi connectivity index (χ0n) is 19.1. The minimum absolute atomic E-state index is 0.155. The second-order valence-electron chi connectivity index (χ2n) is 8.66. The Kier molecular flexibility index (Phi) is 5.36. The maximum atomic E-state index is 10.4. The van der Waals surface area contributed by atoms with Crippen molar-refractivity contribution >= 4 is 22.3 Å². The fourth-order valence-corrected chi connectivity index (χ4v) is 4.66. The van der Waals surface area contributed by atoms with Crippen LogP contribution < -0.4 is 5.32 Å². The quantitative estimate of drug-likeness (QED) is 0.299. The van der Waals surface area contributed by atoms with Crippen LogP contribution in [0.15, 0.2) is 132 Å². The molecule has 1 aliphatic heterocycles. The molecular weight excluding hydrogens is 428 g/mol. The molecule has 0 aromatic heterocycles. The van der Waals surface area contributed by atoms with Gasteiger partial charge in [-0.2, -0.15) is 0 Å². The third kappa shape index (κ3) is 4.09. The minimum Gasteiger partial charge on any atom is -0.507 e. The number of phenols is 1. The van der Waals surface area contributed by atoms with Crippen molar-refractivity contribution in [2.45, 2.75) is 6.04 Å². The Bertz CT molecular complexity index is 1570. The van der Waals surface area contributed by atoms with E-state index in [1.54, 1.807) is 6.07 Å². The second-order valence-corrected chi connectivity index (χ2v) is 8.66. The predicted octanol–water partition coefficient (Wildman–Crippen LogP) is 7.34. The molecule has 0 saturated carbocycles. The van der Waals surface area contributed by atoms with Gasteiger partial charge in [-0.05, 0) is 46.4 Å². The summed E-state index contributed by atoms with van der Waals surface area (Å²) in [6.07, 6.45) is 2.18. The molecule has 1 aliphatic rings. The maximum Gasteiger partial charge on any atom is 0.133 e. The molecule has 0 saturated heterocycles. The number of benzene rings is 5. The van der Waals surface area contributed by atoms with Crippen molar-refractivity contribution in [3.05, 3.63) is 144 Å². The lowest BCUT2D eigenvalue weighted by molar-refractivity contribution is 0.481. The molecule has 0 spiro atoms. The van der Waals surface area contributed by atoms with Gasteiger partial charge >= 0.3 is 0 Å². The van der Waals surface area contributed by atoms with E-state index in [0.717, 1.165) is 39.0 Å². The van der Waals surface area contributed by atoms with Crippen LogP contribution in [-0.2, 0) is 0 Å². The highest BCUT2D eigenvalue weighted by Gasteiger charge is 2.21. The van der Waals surface area contributed by atoms with E-state index < -0.39 is 0 Å². The van der Waals surface area contributed by atoms with Crippen molar-refractivity contribution < 1.29 is 5.11 Å². The third-order valence-electron chi connectivity index (χ3n) is 6.42. The molecule has 0 fully saturated rings. The minimum atomic E-state index is -0.155. The smallest absolute Gasteiger partial charge is 0.133 e. The van der Waals surface area contributed by atoms with Crippen LogP contribution in [0.5, 0.6) is 5.75 Å². The Morgan fingerprint density at radius 1 is 0.600 bits per heavy atom. The molecule has 168 valence electrons. The summed E-state index contributed by atoms with van der Waals surface area (Å²) in [7, 11) is 0. The highest BCUT2D eigenvalue weighted by molar-refractivity contribution is 6.07. The number of hydrogen-bond acceptors (Lipinski definition) is 3. The Labute approximate surface area is 204 Å². The standard InChI is InChI=1S/C32H24N2O/c35-31-19-18-27(26-16-7-8-17-28(26)31)30-21-29(33-32(34-30)23-12-5-2-6-13-23)25-15-9-14-24(20-25)22-10-3-1-4-11-22/h1-21,29,35H,(H,33,34). The number of nitrogens with one attached hydrogen (secondary N) is 1. The van der Waals surface area contributed by atoms with Crippen molar-refractivity contribution in [1.82, 2.24) is 5.32 Å².